The van der Waals surface area contributed by atoms with Gasteiger partial charge in [0.1, 0.15) is 17.1 Å². The summed E-state index contributed by atoms with van der Waals surface area (Å²) in [5.41, 5.74) is 0.781. The minimum absolute atomic E-state index is 0.112. The van der Waals surface area contributed by atoms with Crippen LogP contribution in [0.4, 0.5) is 0 Å². The van der Waals surface area contributed by atoms with Crippen LogP contribution in [0.3, 0.4) is 0 Å². The van der Waals surface area contributed by atoms with Gasteiger partial charge in [0.25, 0.3) is 0 Å². The molecule has 2 aromatic carbocycles. The molecule has 0 spiro atoms. The van der Waals surface area contributed by atoms with Gasteiger partial charge in [0.2, 0.25) is 0 Å². The minimum Gasteiger partial charge on any atom is -0.508 e. The Morgan fingerprint density at radius 1 is 1.03 bits per heavy atom. The quantitative estimate of drug-likeness (QED) is 0.462. The topological polar surface area (TPSA) is 79.1 Å². The third-order valence-electron chi connectivity index (χ3n) is 6.88. The molecule has 5 nitrogen and oxygen atoms in total. The van der Waals surface area contributed by atoms with Crippen molar-refractivity contribution >= 4 is 12.2 Å². The van der Waals surface area contributed by atoms with Crippen molar-refractivity contribution in [2.45, 2.75) is 43.7 Å². The predicted octanol–water partition coefficient (Wildman–Crippen LogP) is 4.32. The Hall–Kier alpha value is -2.82. The van der Waals surface area contributed by atoms with Crippen molar-refractivity contribution in [1.29, 1.82) is 0 Å². The molecule has 0 aliphatic heterocycles. The SMILES string of the molecule is O=C(OC12CC3CC(C1)C(N=Cc1cc(O)ccc1O)C(C3)C2)c1ccccc1. The summed E-state index contributed by atoms with van der Waals surface area (Å²) < 4.78 is 6.12. The summed E-state index contributed by atoms with van der Waals surface area (Å²) in [5.74, 6) is 1.37. The third kappa shape index (κ3) is 3.39. The van der Waals surface area contributed by atoms with E-state index in [0.29, 0.717) is 28.9 Å². The molecule has 4 fully saturated rings. The van der Waals surface area contributed by atoms with Gasteiger partial charge in [0, 0.05) is 11.8 Å². The lowest BCUT2D eigenvalue weighted by atomic mass is 9.52. The monoisotopic (exact) mass is 391 g/mol. The van der Waals surface area contributed by atoms with Gasteiger partial charge in [-0.25, -0.2) is 4.79 Å². The van der Waals surface area contributed by atoms with Gasteiger partial charge in [0.05, 0.1) is 11.6 Å². The van der Waals surface area contributed by atoms with Gasteiger partial charge >= 0.3 is 5.97 Å². The molecule has 0 heterocycles. The van der Waals surface area contributed by atoms with Crippen LogP contribution in [0.2, 0.25) is 0 Å². The smallest absolute Gasteiger partial charge is 0.338 e. The number of ether oxygens (including phenoxy) is 1. The number of aromatic hydroxyl groups is 2. The van der Waals surface area contributed by atoms with E-state index in [1.807, 2.05) is 18.2 Å². The number of carbonyl (C=O) groups is 1. The van der Waals surface area contributed by atoms with Crippen LogP contribution in [0.25, 0.3) is 0 Å². The molecular formula is C24H25NO4. The maximum absolute atomic E-state index is 12.7. The van der Waals surface area contributed by atoms with E-state index in [2.05, 4.69) is 0 Å². The average molecular weight is 391 g/mol. The van der Waals surface area contributed by atoms with E-state index < -0.39 is 0 Å². The van der Waals surface area contributed by atoms with Crippen molar-refractivity contribution in [3.8, 4) is 11.5 Å². The second-order valence-corrected chi connectivity index (χ2v) is 8.92. The van der Waals surface area contributed by atoms with Crippen LogP contribution in [0.1, 0.15) is 48.0 Å². The molecule has 29 heavy (non-hydrogen) atoms. The lowest BCUT2D eigenvalue weighted by molar-refractivity contribution is -0.138. The van der Waals surface area contributed by atoms with Gasteiger partial charge in [-0.3, -0.25) is 4.99 Å². The lowest BCUT2D eigenvalue weighted by Gasteiger charge is -2.58. The predicted molar refractivity (Wildman–Crippen MR) is 109 cm³/mol. The molecule has 4 bridgehead atoms. The molecule has 2 N–H and O–H groups in total. The number of carbonyl (C=O) groups excluding carboxylic acids is 1. The van der Waals surface area contributed by atoms with E-state index in [1.54, 1.807) is 18.3 Å². The molecular weight excluding hydrogens is 366 g/mol. The molecule has 0 saturated heterocycles. The zero-order valence-electron chi connectivity index (χ0n) is 16.2. The van der Waals surface area contributed by atoms with Crippen LogP contribution in [0.15, 0.2) is 53.5 Å². The fraction of sp³-hybridized carbons (Fsp3) is 0.417. The Labute approximate surface area is 170 Å². The lowest BCUT2D eigenvalue weighted by Crippen LogP contribution is -2.58. The van der Waals surface area contributed by atoms with E-state index in [0.717, 1.165) is 32.1 Å². The molecule has 0 amide bonds. The zero-order valence-corrected chi connectivity index (χ0v) is 16.2. The number of rotatable bonds is 4. The van der Waals surface area contributed by atoms with E-state index in [4.69, 9.17) is 9.73 Å². The van der Waals surface area contributed by atoms with Crippen LogP contribution in [-0.2, 0) is 4.74 Å². The highest BCUT2D eigenvalue weighted by molar-refractivity contribution is 5.89. The van der Waals surface area contributed by atoms with Gasteiger partial charge in [-0.1, -0.05) is 18.2 Å². The molecule has 5 heteroatoms. The molecule has 6 rings (SSSR count). The largest absolute Gasteiger partial charge is 0.508 e. The Balaban J connectivity index is 1.34. The summed E-state index contributed by atoms with van der Waals surface area (Å²) in [6, 6.07) is 13.9. The van der Waals surface area contributed by atoms with E-state index in [9.17, 15) is 15.0 Å². The zero-order chi connectivity index (χ0) is 20.0. The highest BCUT2D eigenvalue weighted by Crippen LogP contribution is 2.58. The number of nitrogens with zero attached hydrogens (tertiary/aromatic N) is 1. The van der Waals surface area contributed by atoms with Crippen molar-refractivity contribution in [3.05, 3.63) is 59.7 Å². The molecule has 4 aliphatic carbocycles. The van der Waals surface area contributed by atoms with Crippen molar-refractivity contribution in [2.75, 3.05) is 0 Å². The van der Waals surface area contributed by atoms with Crippen LogP contribution in [0, 0.1) is 17.8 Å². The summed E-state index contributed by atoms with van der Waals surface area (Å²) in [7, 11) is 0. The van der Waals surface area contributed by atoms with Gasteiger partial charge in [-0.15, -0.1) is 0 Å². The van der Waals surface area contributed by atoms with Crippen molar-refractivity contribution < 1.29 is 19.7 Å². The number of esters is 1. The summed E-state index contributed by atoms with van der Waals surface area (Å²) in [5, 5.41) is 19.7. The van der Waals surface area contributed by atoms with Gasteiger partial charge in [0.15, 0.2) is 0 Å². The molecule has 150 valence electrons. The Kier molecular flexibility index (Phi) is 4.34. The van der Waals surface area contributed by atoms with E-state index in [-0.39, 0.29) is 29.1 Å². The molecule has 2 unspecified atom stereocenters. The van der Waals surface area contributed by atoms with Crippen molar-refractivity contribution in [2.24, 2.45) is 22.7 Å². The first-order chi connectivity index (χ1) is 14.0. The fourth-order valence-electron chi connectivity index (χ4n) is 5.93. The maximum atomic E-state index is 12.7. The molecule has 2 atom stereocenters. The molecule has 4 saturated carbocycles. The standard InChI is InChI=1S/C24H25NO4/c26-20-6-7-21(27)19(10-20)14-25-22-17-8-15-9-18(22)13-24(11-15,12-17)29-23(28)16-4-2-1-3-5-16/h1-7,10,14-15,17-18,22,26-27H,8-9,11-13H2. The normalized spacial score (nSPS) is 32.6. The number of aliphatic imine (C=N–C) groups is 1. The second-order valence-electron chi connectivity index (χ2n) is 8.92. The summed E-state index contributed by atoms with van der Waals surface area (Å²) in [4.78, 5) is 17.5. The van der Waals surface area contributed by atoms with Crippen molar-refractivity contribution in [1.82, 2.24) is 0 Å². The first-order valence-corrected chi connectivity index (χ1v) is 10.3. The summed E-state index contributed by atoms with van der Waals surface area (Å²) >= 11 is 0. The number of phenols is 2. The van der Waals surface area contributed by atoms with Crippen molar-refractivity contribution in [3.63, 3.8) is 0 Å². The first kappa shape index (κ1) is 18.2. The molecule has 2 aromatic rings. The minimum atomic E-state index is -0.359. The fourth-order valence-corrected chi connectivity index (χ4v) is 5.93. The number of hydrogen-bond donors (Lipinski definition) is 2. The van der Waals surface area contributed by atoms with Crippen LogP contribution >= 0.6 is 0 Å². The van der Waals surface area contributed by atoms with Gasteiger partial charge in [-0.05, 0) is 80.2 Å². The number of phenolic OH excluding ortho intramolecular Hbond substituents is 2. The third-order valence-corrected chi connectivity index (χ3v) is 6.88. The molecule has 0 aromatic heterocycles. The maximum Gasteiger partial charge on any atom is 0.338 e. The Morgan fingerprint density at radius 2 is 1.76 bits per heavy atom. The average Bonchev–Trinajstić information content (AvgIpc) is 2.70. The van der Waals surface area contributed by atoms with Crippen LogP contribution in [0.5, 0.6) is 11.5 Å². The van der Waals surface area contributed by atoms with Gasteiger partial charge < -0.3 is 14.9 Å². The molecule has 0 radical (unpaired) electrons. The Bertz CT molecular complexity index is 939. The summed E-state index contributed by atoms with van der Waals surface area (Å²) in [6.07, 6.45) is 6.59. The van der Waals surface area contributed by atoms with Crippen LogP contribution in [-0.4, -0.2) is 34.0 Å². The van der Waals surface area contributed by atoms with Gasteiger partial charge in [-0.2, -0.15) is 0 Å². The highest BCUT2D eigenvalue weighted by atomic mass is 16.6. The first-order valence-electron chi connectivity index (χ1n) is 10.3. The second kappa shape index (κ2) is 6.90. The van der Waals surface area contributed by atoms with E-state index in [1.165, 1.54) is 18.2 Å². The number of hydrogen-bond acceptors (Lipinski definition) is 5. The van der Waals surface area contributed by atoms with Crippen LogP contribution < -0.4 is 0 Å². The number of benzene rings is 2. The highest BCUT2D eigenvalue weighted by Gasteiger charge is 2.57. The van der Waals surface area contributed by atoms with E-state index >= 15 is 0 Å². The summed E-state index contributed by atoms with van der Waals surface area (Å²) in [6.45, 7) is 0. The Morgan fingerprint density at radius 3 is 2.48 bits per heavy atom. The molecule has 4 aliphatic rings.